The summed E-state index contributed by atoms with van der Waals surface area (Å²) in [4.78, 5) is 19.6. The maximum Gasteiger partial charge on any atom is 0.234 e. The fourth-order valence-electron chi connectivity index (χ4n) is 4.19. The van der Waals surface area contributed by atoms with Gasteiger partial charge in [0.15, 0.2) is 0 Å². The minimum Gasteiger partial charge on any atom is -0.371 e. The highest BCUT2D eigenvalue weighted by Crippen LogP contribution is 2.23. The van der Waals surface area contributed by atoms with Crippen molar-refractivity contribution in [1.82, 2.24) is 15.1 Å². The molecular formula is C22H36N4O. The molecule has 0 radical (unpaired) electrons. The maximum atomic E-state index is 12.1. The predicted molar refractivity (Wildman–Crippen MR) is 112 cm³/mol. The molecule has 150 valence electrons. The minimum absolute atomic E-state index is 0.141. The Bertz CT molecular complexity index is 606. The van der Waals surface area contributed by atoms with Crippen molar-refractivity contribution in [3.05, 3.63) is 29.8 Å². The van der Waals surface area contributed by atoms with Crippen LogP contribution in [-0.2, 0) is 4.79 Å². The van der Waals surface area contributed by atoms with Crippen LogP contribution in [0.3, 0.4) is 0 Å². The molecule has 0 atom stereocenters. The highest BCUT2D eigenvalue weighted by Gasteiger charge is 2.28. The Labute approximate surface area is 164 Å². The molecule has 2 aliphatic rings. The van der Waals surface area contributed by atoms with E-state index in [1.54, 1.807) is 0 Å². The second-order valence-electron chi connectivity index (χ2n) is 9.16. The lowest BCUT2D eigenvalue weighted by molar-refractivity contribution is -0.124. The average molecular weight is 373 g/mol. The lowest BCUT2D eigenvalue weighted by Crippen LogP contribution is -2.55. The third-order valence-electron chi connectivity index (χ3n) is 5.67. The molecule has 0 unspecified atom stereocenters. The highest BCUT2D eigenvalue weighted by molar-refractivity contribution is 5.78. The van der Waals surface area contributed by atoms with Crippen molar-refractivity contribution >= 4 is 11.6 Å². The van der Waals surface area contributed by atoms with Gasteiger partial charge in [-0.1, -0.05) is 17.7 Å². The van der Waals surface area contributed by atoms with E-state index >= 15 is 0 Å². The normalized spacial score (nSPS) is 20.7. The van der Waals surface area contributed by atoms with Gasteiger partial charge in [-0.2, -0.15) is 0 Å². The zero-order chi connectivity index (χ0) is 19.4. The SMILES string of the molecule is Cc1ccc(N2CCC(N3CCN(CC(=O)NC(C)(C)C)CC3)CC2)cc1. The lowest BCUT2D eigenvalue weighted by atomic mass is 10.0. The number of amides is 1. The van der Waals surface area contributed by atoms with Gasteiger partial charge in [0, 0.05) is 56.5 Å². The molecule has 0 saturated carbocycles. The third-order valence-corrected chi connectivity index (χ3v) is 5.67. The van der Waals surface area contributed by atoms with Crippen LogP contribution in [0.4, 0.5) is 5.69 Å². The van der Waals surface area contributed by atoms with Crippen LogP contribution in [0.5, 0.6) is 0 Å². The van der Waals surface area contributed by atoms with E-state index in [1.165, 1.54) is 24.1 Å². The summed E-state index contributed by atoms with van der Waals surface area (Å²) in [6.07, 6.45) is 2.47. The number of aryl methyl sites for hydroxylation is 1. The smallest absolute Gasteiger partial charge is 0.234 e. The zero-order valence-electron chi connectivity index (χ0n) is 17.5. The molecule has 3 rings (SSSR count). The standard InChI is InChI=1S/C22H36N4O/c1-18-5-7-19(8-6-18)25-11-9-20(10-12-25)26-15-13-24(14-16-26)17-21(27)23-22(2,3)4/h5-8,20H,9-17H2,1-4H3,(H,23,27). The Balaban J connectivity index is 1.40. The van der Waals surface area contributed by atoms with Crippen molar-refractivity contribution in [2.45, 2.75) is 52.1 Å². The first-order chi connectivity index (χ1) is 12.8. The van der Waals surface area contributed by atoms with Gasteiger partial charge in [0.25, 0.3) is 0 Å². The number of piperazine rings is 1. The van der Waals surface area contributed by atoms with Crippen LogP contribution >= 0.6 is 0 Å². The molecule has 0 aromatic heterocycles. The number of nitrogens with one attached hydrogen (secondary N) is 1. The molecule has 2 aliphatic heterocycles. The van der Waals surface area contributed by atoms with Gasteiger partial charge in [0.05, 0.1) is 6.54 Å². The molecule has 5 heteroatoms. The number of carbonyl (C=O) groups excluding carboxylic acids is 1. The predicted octanol–water partition coefficient (Wildman–Crippen LogP) is 2.50. The van der Waals surface area contributed by atoms with Gasteiger partial charge in [0.1, 0.15) is 0 Å². The Morgan fingerprint density at radius 2 is 1.59 bits per heavy atom. The summed E-state index contributed by atoms with van der Waals surface area (Å²) in [5.74, 6) is 0.141. The molecule has 1 aromatic rings. The van der Waals surface area contributed by atoms with E-state index in [2.05, 4.69) is 51.2 Å². The van der Waals surface area contributed by atoms with E-state index in [9.17, 15) is 4.79 Å². The van der Waals surface area contributed by atoms with Gasteiger partial charge in [-0.3, -0.25) is 14.6 Å². The van der Waals surface area contributed by atoms with Crippen molar-refractivity contribution < 1.29 is 4.79 Å². The van der Waals surface area contributed by atoms with Crippen LogP contribution in [-0.4, -0.2) is 73.1 Å². The first kappa shape index (κ1) is 20.2. The van der Waals surface area contributed by atoms with Crippen molar-refractivity contribution in [3.8, 4) is 0 Å². The molecule has 2 heterocycles. The number of benzene rings is 1. The van der Waals surface area contributed by atoms with Gasteiger partial charge < -0.3 is 10.2 Å². The Hall–Kier alpha value is -1.59. The Kier molecular flexibility index (Phi) is 6.43. The van der Waals surface area contributed by atoms with Crippen molar-refractivity contribution in [1.29, 1.82) is 0 Å². The van der Waals surface area contributed by atoms with E-state index < -0.39 is 0 Å². The maximum absolute atomic E-state index is 12.1. The summed E-state index contributed by atoms with van der Waals surface area (Å²) in [7, 11) is 0. The van der Waals surface area contributed by atoms with E-state index in [0.29, 0.717) is 12.6 Å². The van der Waals surface area contributed by atoms with Crippen LogP contribution < -0.4 is 10.2 Å². The van der Waals surface area contributed by atoms with E-state index in [4.69, 9.17) is 0 Å². The molecular weight excluding hydrogens is 336 g/mol. The fraction of sp³-hybridized carbons (Fsp3) is 0.682. The number of hydrogen-bond acceptors (Lipinski definition) is 4. The van der Waals surface area contributed by atoms with Crippen LogP contribution in [0.1, 0.15) is 39.2 Å². The molecule has 2 saturated heterocycles. The van der Waals surface area contributed by atoms with Crippen molar-refractivity contribution in [2.24, 2.45) is 0 Å². The highest BCUT2D eigenvalue weighted by atomic mass is 16.2. The molecule has 0 spiro atoms. The third kappa shape index (κ3) is 5.94. The second-order valence-corrected chi connectivity index (χ2v) is 9.16. The van der Waals surface area contributed by atoms with Gasteiger partial charge >= 0.3 is 0 Å². The second kappa shape index (κ2) is 8.61. The monoisotopic (exact) mass is 372 g/mol. The van der Waals surface area contributed by atoms with Gasteiger partial charge in [-0.15, -0.1) is 0 Å². The van der Waals surface area contributed by atoms with Crippen LogP contribution in [0, 0.1) is 6.92 Å². The Morgan fingerprint density at radius 1 is 1.00 bits per heavy atom. The van der Waals surface area contributed by atoms with E-state index in [0.717, 1.165) is 39.3 Å². The largest absolute Gasteiger partial charge is 0.371 e. The van der Waals surface area contributed by atoms with Crippen molar-refractivity contribution in [3.63, 3.8) is 0 Å². The lowest BCUT2D eigenvalue weighted by Gasteiger charge is -2.43. The first-order valence-corrected chi connectivity index (χ1v) is 10.4. The van der Waals surface area contributed by atoms with Crippen LogP contribution in [0.2, 0.25) is 0 Å². The molecule has 0 aliphatic carbocycles. The van der Waals surface area contributed by atoms with Crippen LogP contribution in [0.15, 0.2) is 24.3 Å². The molecule has 2 fully saturated rings. The molecule has 1 amide bonds. The fourth-order valence-corrected chi connectivity index (χ4v) is 4.19. The molecule has 0 bridgehead atoms. The molecule has 1 aromatic carbocycles. The number of rotatable bonds is 4. The van der Waals surface area contributed by atoms with Gasteiger partial charge in [-0.05, 0) is 52.7 Å². The summed E-state index contributed by atoms with van der Waals surface area (Å²) in [5, 5.41) is 3.07. The number of anilines is 1. The minimum atomic E-state index is -0.148. The first-order valence-electron chi connectivity index (χ1n) is 10.4. The summed E-state index contributed by atoms with van der Waals surface area (Å²) in [6.45, 7) is 15.2. The number of hydrogen-bond donors (Lipinski definition) is 1. The van der Waals surface area contributed by atoms with E-state index in [1.807, 2.05) is 20.8 Å². The van der Waals surface area contributed by atoms with Crippen LogP contribution in [0.25, 0.3) is 0 Å². The van der Waals surface area contributed by atoms with Crippen molar-refractivity contribution in [2.75, 3.05) is 50.7 Å². The number of carbonyl (C=O) groups is 1. The molecule has 27 heavy (non-hydrogen) atoms. The summed E-state index contributed by atoms with van der Waals surface area (Å²) >= 11 is 0. The summed E-state index contributed by atoms with van der Waals surface area (Å²) < 4.78 is 0. The van der Waals surface area contributed by atoms with Gasteiger partial charge in [-0.25, -0.2) is 0 Å². The number of nitrogens with zero attached hydrogens (tertiary/aromatic N) is 3. The number of piperidine rings is 1. The van der Waals surface area contributed by atoms with Gasteiger partial charge in [0.2, 0.25) is 5.91 Å². The molecule has 1 N–H and O–H groups in total. The topological polar surface area (TPSA) is 38.8 Å². The molecule has 5 nitrogen and oxygen atoms in total. The van der Waals surface area contributed by atoms with E-state index in [-0.39, 0.29) is 11.4 Å². The summed E-state index contributed by atoms with van der Waals surface area (Å²) in [5.41, 5.74) is 2.53. The quantitative estimate of drug-likeness (QED) is 0.881. The Morgan fingerprint density at radius 3 is 2.15 bits per heavy atom. The summed E-state index contributed by atoms with van der Waals surface area (Å²) in [6, 6.07) is 9.60. The average Bonchev–Trinajstić information content (AvgIpc) is 2.62. The zero-order valence-corrected chi connectivity index (χ0v) is 17.5.